The fourth-order valence-electron chi connectivity index (χ4n) is 2.30. The van der Waals surface area contributed by atoms with Gasteiger partial charge in [0.2, 0.25) is 11.9 Å². The van der Waals surface area contributed by atoms with E-state index in [1.165, 1.54) is 0 Å². The summed E-state index contributed by atoms with van der Waals surface area (Å²) >= 11 is 0. The topological polar surface area (TPSA) is 105 Å². The van der Waals surface area contributed by atoms with Crippen LogP contribution < -0.4 is 11.5 Å². The highest BCUT2D eigenvalue weighted by atomic mass is 16.1. The van der Waals surface area contributed by atoms with Crippen molar-refractivity contribution >= 4 is 23.0 Å². The van der Waals surface area contributed by atoms with Crippen LogP contribution in [0.3, 0.4) is 0 Å². The van der Waals surface area contributed by atoms with Gasteiger partial charge in [-0.2, -0.15) is 5.10 Å². The molecule has 104 valence electrons. The second-order valence-electron chi connectivity index (χ2n) is 4.68. The lowest BCUT2D eigenvalue weighted by molar-refractivity contribution is -0.118. The molecule has 2 aromatic rings. The summed E-state index contributed by atoms with van der Waals surface area (Å²) in [5, 5.41) is 4.47. The molecule has 0 atom stereocenters. The first-order valence-corrected chi connectivity index (χ1v) is 6.50. The monoisotopic (exact) mass is 264 g/mol. The van der Waals surface area contributed by atoms with E-state index in [-0.39, 0.29) is 5.91 Å². The Hall–Kier alpha value is -2.05. The van der Waals surface area contributed by atoms with Crippen molar-refractivity contribution in [2.24, 2.45) is 12.8 Å². The molecule has 0 radical (unpaired) electrons. The smallest absolute Gasteiger partial charge is 0.217 e. The van der Waals surface area contributed by atoms with E-state index in [2.05, 4.69) is 17.0 Å². The minimum atomic E-state index is -0.299. The fraction of sp³-hybridized carbons (Fsp3) is 0.583. The molecule has 0 saturated heterocycles. The molecule has 0 bridgehead atoms. The summed E-state index contributed by atoms with van der Waals surface area (Å²) in [4.78, 5) is 15.2. The summed E-state index contributed by atoms with van der Waals surface area (Å²) in [6.45, 7) is 2.73. The first-order valence-electron chi connectivity index (χ1n) is 6.50. The van der Waals surface area contributed by atoms with Crippen molar-refractivity contribution in [2.75, 3.05) is 5.73 Å². The van der Waals surface area contributed by atoms with Crippen molar-refractivity contribution in [3.05, 3.63) is 5.69 Å². The number of amides is 1. The Morgan fingerprint density at radius 2 is 2.16 bits per heavy atom. The molecule has 2 aromatic heterocycles. The number of nitrogens with two attached hydrogens (primary N) is 2. The van der Waals surface area contributed by atoms with Crippen molar-refractivity contribution in [1.29, 1.82) is 0 Å². The summed E-state index contributed by atoms with van der Waals surface area (Å²) < 4.78 is 3.69. The SMILES string of the molecule is CCCc1nn(C)c2c1nc(N)n2CCCC(N)=O. The molecule has 0 aromatic carbocycles. The highest BCUT2D eigenvalue weighted by Crippen LogP contribution is 2.22. The number of rotatable bonds is 6. The molecule has 4 N–H and O–H groups in total. The highest BCUT2D eigenvalue weighted by molar-refractivity contribution is 5.78. The maximum atomic E-state index is 10.8. The van der Waals surface area contributed by atoms with Gasteiger partial charge in [0.1, 0.15) is 5.52 Å². The Labute approximate surface area is 111 Å². The van der Waals surface area contributed by atoms with Crippen LogP contribution in [0.25, 0.3) is 11.2 Å². The maximum Gasteiger partial charge on any atom is 0.217 e. The summed E-state index contributed by atoms with van der Waals surface area (Å²) in [6, 6.07) is 0. The molecule has 1 amide bonds. The molecule has 0 aliphatic heterocycles. The second-order valence-corrected chi connectivity index (χ2v) is 4.68. The molecule has 0 saturated carbocycles. The Morgan fingerprint density at radius 3 is 2.79 bits per heavy atom. The van der Waals surface area contributed by atoms with Crippen LogP contribution in [-0.2, 0) is 24.8 Å². The summed E-state index contributed by atoms with van der Waals surface area (Å²) in [5.41, 5.74) is 13.8. The number of nitrogen functional groups attached to an aromatic ring is 1. The number of aryl methyl sites for hydroxylation is 3. The number of imidazole rings is 1. The van der Waals surface area contributed by atoms with Gasteiger partial charge in [-0.1, -0.05) is 13.3 Å². The summed E-state index contributed by atoms with van der Waals surface area (Å²) in [5.74, 6) is 0.163. The molecule has 7 nitrogen and oxygen atoms in total. The normalized spacial score (nSPS) is 11.3. The Morgan fingerprint density at radius 1 is 1.42 bits per heavy atom. The third kappa shape index (κ3) is 2.54. The quantitative estimate of drug-likeness (QED) is 0.795. The number of nitrogens with zero attached hydrogens (tertiary/aromatic N) is 4. The molecule has 7 heteroatoms. The average molecular weight is 264 g/mol. The predicted molar refractivity (Wildman–Crippen MR) is 73.3 cm³/mol. The van der Waals surface area contributed by atoms with Gasteiger partial charge in [0.25, 0.3) is 0 Å². The largest absolute Gasteiger partial charge is 0.370 e. The number of carbonyl (C=O) groups excluding carboxylic acids is 1. The Balaban J connectivity index is 2.32. The first kappa shape index (κ1) is 13.4. The molecule has 2 rings (SSSR count). The lowest BCUT2D eigenvalue weighted by Gasteiger charge is -2.05. The van der Waals surface area contributed by atoms with E-state index in [9.17, 15) is 4.79 Å². The van der Waals surface area contributed by atoms with Crippen LogP contribution in [0.5, 0.6) is 0 Å². The van der Waals surface area contributed by atoms with Crippen LogP contribution >= 0.6 is 0 Å². The van der Waals surface area contributed by atoms with E-state index in [1.807, 2.05) is 11.6 Å². The number of carbonyl (C=O) groups is 1. The highest BCUT2D eigenvalue weighted by Gasteiger charge is 2.17. The molecule has 2 heterocycles. The lowest BCUT2D eigenvalue weighted by atomic mass is 10.2. The number of anilines is 1. The van der Waals surface area contributed by atoms with Crippen LogP contribution in [0.1, 0.15) is 31.9 Å². The van der Waals surface area contributed by atoms with Gasteiger partial charge in [0, 0.05) is 20.0 Å². The van der Waals surface area contributed by atoms with Gasteiger partial charge in [0.05, 0.1) is 5.69 Å². The van der Waals surface area contributed by atoms with Crippen LogP contribution in [0.4, 0.5) is 5.95 Å². The number of hydrogen-bond acceptors (Lipinski definition) is 4. The third-order valence-electron chi connectivity index (χ3n) is 3.11. The summed E-state index contributed by atoms with van der Waals surface area (Å²) in [7, 11) is 1.88. The van der Waals surface area contributed by atoms with Crippen molar-refractivity contribution in [1.82, 2.24) is 19.3 Å². The van der Waals surface area contributed by atoms with E-state index < -0.39 is 0 Å². The predicted octanol–water partition coefficient (Wildman–Crippen LogP) is 0.570. The van der Waals surface area contributed by atoms with Crippen molar-refractivity contribution in [2.45, 2.75) is 39.2 Å². The zero-order chi connectivity index (χ0) is 14.0. The number of primary amides is 1. The van der Waals surface area contributed by atoms with E-state index >= 15 is 0 Å². The van der Waals surface area contributed by atoms with E-state index in [0.29, 0.717) is 25.3 Å². The van der Waals surface area contributed by atoms with Gasteiger partial charge in [-0.05, 0) is 12.8 Å². The summed E-state index contributed by atoms with van der Waals surface area (Å²) in [6.07, 6.45) is 2.90. The molecule has 0 fully saturated rings. The molecule has 0 unspecified atom stereocenters. The van der Waals surface area contributed by atoms with E-state index in [0.717, 1.165) is 29.7 Å². The molecule has 19 heavy (non-hydrogen) atoms. The van der Waals surface area contributed by atoms with Crippen molar-refractivity contribution in [3.8, 4) is 0 Å². The van der Waals surface area contributed by atoms with Gasteiger partial charge in [-0.3, -0.25) is 14.0 Å². The van der Waals surface area contributed by atoms with Gasteiger partial charge < -0.3 is 11.5 Å². The van der Waals surface area contributed by atoms with Crippen LogP contribution in [0.15, 0.2) is 0 Å². The Kier molecular flexibility index (Phi) is 3.73. The van der Waals surface area contributed by atoms with Gasteiger partial charge in [-0.15, -0.1) is 0 Å². The van der Waals surface area contributed by atoms with Crippen LogP contribution in [0, 0.1) is 0 Å². The average Bonchev–Trinajstić information content (AvgIpc) is 2.79. The zero-order valence-corrected chi connectivity index (χ0v) is 11.4. The van der Waals surface area contributed by atoms with Gasteiger partial charge in [0.15, 0.2) is 5.65 Å². The molecular formula is C12H20N6O. The van der Waals surface area contributed by atoms with Crippen LogP contribution in [-0.4, -0.2) is 25.2 Å². The maximum absolute atomic E-state index is 10.8. The second kappa shape index (κ2) is 5.29. The number of hydrogen-bond donors (Lipinski definition) is 2. The first-order chi connectivity index (χ1) is 9.04. The van der Waals surface area contributed by atoms with E-state index in [4.69, 9.17) is 11.5 Å². The third-order valence-corrected chi connectivity index (χ3v) is 3.11. The number of aromatic nitrogens is 4. The molecule has 0 aliphatic rings. The van der Waals surface area contributed by atoms with Crippen LogP contribution in [0.2, 0.25) is 0 Å². The van der Waals surface area contributed by atoms with Gasteiger partial charge in [-0.25, -0.2) is 4.98 Å². The minimum Gasteiger partial charge on any atom is -0.370 e. The van der Waals surface area contributed by atoms with E-state index in [1.54, 1.807) is 4.68 Å². The van der Waals surface area contributed by atoms with Crippen molar-refractivity contribution < 1.29 is 4.79 Å². The lowest BCUT2D eigenvalue weighted by Crippen LogP contribution is -2.13. The zero-order valence-electron chi connectivity index (χ0n) is 11.4. The van der Waals surface area contributed by atoms with Crippen molar-refractivity contribution in [3.63, 3.8) is 0 Å². The molecule has 0 aliphatic carbocycles. The minimum absolute atomic E-state index is 0.299. The molecular weight excluding hydrogens is 244 g/mol. The standard InChI is InChI=1S/C12H20N6O/c1-3-5-8-10-11(17(2)16-8)18(12(14)15-10)7-4-6-9(13)19/h3-7H2,1-2H3,(H2,13,19)(H2,14,15). The van der Waals surface area contributed by atoms with Gasteiger partial charge >= 0.3 is 0 Å². The number of fused-ring (bicyclic) bond motifs is 1. The fourth-order valence-corrected chi connectivity index (χ4v) is 2.30. The Bertz CT molecular complexity index is 597. The molecule has 0 spiro atoms.